The summed E-state index contributed by atoms with van der Waals surface area (Å²) in [5, 5.41) is 0. The lowest BCUT2D eigenvalue weighted by atomic mass is 10.0. The minimum atomic E-state index is 0.428. The molecule has 1 aliphatic carbocycles. The number of nitrogens with two attached hydrogens (primary N) is 1. The van der Waals surface area contributed by atoms with Crippen LogP contribution in [0.2, 0.25) is 0 Å². The van der Waals surface area contributed by atoms with Crippen LogP contribution in [0.1, 0.15) is 36.4 Å². The van der Waals surface area contributed by atoms with Crippen molar-refractivity contribution in [1.29, 1.82) is 0 Å². The standard InChI is InChI=1S/C14H19BrN2/c15-11-2-3-13-10(9-11)1-4-14(13)17-7-5-12(16)6-8-17/h2-3,9,12,14H,1,4-8,16H2. The normalized spacial score (nSPS) is 26.1. The highest BCUT2D eigenvalue weighted by molar-refractivity contribution is 9.10. The maximum Gasteiger partial charge on any atom is 0.0354 e. The van der Waals surface area contributed by atoms with Crippen LogP contribution in [0.25, 0.3) is 0 Å². The molecule has 1 saturated heterocycles. The SMILES string of the molecule is NC1CCN(C2CCc3cc(Br)ccc32)CC1. The number of hydrogen-bond acceptors (Lipinski definition) is 2. The second-order valence-corrected chi connectivity index (χ2v) is 6.19. The van der Waals surface area contributed by atoms with Gasteiger partial charge in [-0.25, -0.2) is 0 Å². The van der Waals surface area contributed by atoms with Gasteiger partial charge in [0, 0.05) is 29.6 Å². The van der Waals surface area contributed by atoms with Crippen molar-refractivity contribution in [3.63, 3.8) is 0 Å². The molecule has 3 heteroatoms. The Balaban J connectivity index is 1.79. The number of halogens is 1. The van der Waals surface area contributed by atoms with Crippen molar-refractivity contribution in [3.05, 3.63) is 33.8 Å². The molecule has 0 spiro atoms. The van der Waals surface area contributed by atoms with Crippen molar-refractivity contribution >= 4 is 15.9 Å². The lowest BCUT2D eigenvalue weighted by molar-refractivity contribution is 0.153. The number of benzene rings is 1. The summed E-state index contributed by atoms with van der Waals surface area (Å²) in [4.78, 5) is 2.63. The van der Waals surface area contributed by atoms with Gasteiger partial charge in [0.05, 0.1) is 0 Å². The van der Waals surface area contributed by atoms with Crippen LogP contribution < -0.4 is 5.73 Å². The molecule has 1 aromatic carbocycles. The molecule has 0 aromatic heterocycles. The van der Waals surface area contributed by atoms with E-state index in [1.54, 1.807) is 5.56 Å². The quantitative estimate of drug-likeness (QED) is 0.863. The minimum Gasteiger partial charge on any atom is -0.328 e. The summed E-state index contributed by atoms with van der Waals surface area (Å²) in [5.41, 5.74) is 9.05. The molecule has 1 aliphatic heterocycles. The second kappa shape index (κ2) is 4.71. The molecule has 1 atom stereocenters. The highest BCUT2D eigenvalue weighted by Crippen LogP contribution is 2.38. The van der Waals surface area contributed by atoms with Crippen LogP contribution in [0.15, 0.2) is 22.7 Å². The van der Waals surface area contributed by atoms with Gasteiger partial charge >= 0.3 is 0 Å². The number of likely N-dealkylation sites (tertiary alicyclic amines) is 1. The molecular weight excluding hydrogens is 276 g/mol. The fraction of sp³-hybridized carbons (Fsp3) is 0.571. The fourth-order valence-corrected chi connectivity index (χ4v) is 3.58. The summed E-state index contributed by atoms with van der Waals surface area (Å²) in [6.45, 7) is 2.34. The third-order valence-electron chi connectivity index (χ3n) is 4.17. The van der Waals surface area contributed by atoms with Gasteiger partial charge in [0.25, 0.3) is 0 Å². The van der Waals surface area contributed by atoms with E-state index in [4.69, 9.17) is 5.73 Å². The zero-order valence-electron chi connectivity index (χ0n) is 10.0. The van der Waals surface area contributed by atoms with Crippen LogP contribution in [0.5, 0.6) is 0 Å². The molecule has 2 nitrogen and oxygen atoms in total. The molecule has 1 unspecified atom stereocenters. The van der Waals surface area contributed by atoms with Crippen molar-refractivity contribution in [2.24, 2.45) is 5.73 Å². The van der Waals surface area contributed by atoms with Crippen LogP contribution in [-0.4, -0.2) is 24.0 Å². The highest BCUT2D eigenvalue weighted by Gasteiger charge is 2.29. The number of hydrogen-bond donors (Lipinski definition) is 1. The molecule has 2 N–H and O–H groups in total. The van der Waals surface area contributed by atoms with Gasteiger partial charge in [-0.3, -0.25) is 4.90 Å². The monoisotopic (exact) mass is 294 g/mol. The topological polar surface area (TPSA) is 29.3 Å². The Bertz CT molecular complexity index is 411. The molecule has 3 rings (SSSR count). The molecule has 1 fully saturated rings. The third-order valence-corrected chi connectivity index (χ3v) is 4.66. The molecule has 92 valence electrons. The van der Waals surface area contributed by atoms with Crippen LogP contribution in [-0.2, 0) is 6.42 Å². The number of nitrogens with zero attached hydrogens (tertiary/aromatic N) is 1. The van der Waals surface area contributed by atoms with E-state index in [2.05, 4.69) is 39.0 Å². The average molecular weight is 295 g/mol. The molecule has 0 amide bonds. The van der Waals surface area contributed by atoms with E-state index in [1.165, 1.54) is 36.0 Å². The summed E-state index contributed by atoms with van der Waals surface area (Å²) in [6.07, 6.45) is 4.81. The zero-order valence-corrected chi connectivity index (χ0v) is 11.6. The Morgan fingerprint density at radius 1 is 1.18 bits per heavy atom. The number of fused-ring (bicyclic) bond motifs is 1. The summed E-state index contributed by atoms with van der Waals surface area (Å²) in [5.74, 6) is 0. The first-order valence-electron chi connectivity index (χ1n) is 6.52. The molecule has 0 bridgehead atoms. The Morgan fingerprint density at radius 2 is 1.94 bits per heavy atom. The van der Waals surface area contributed by atoms with E-state index in [0.717, 1.165) is 12.8 Å². The number of rotatable bonds is 1. The van der Waals surface area contributed by atoms with Gasteiger partial charge in [-0.2, -0.15) is 0 Å². The lowest BCUT2D eigenvalue weighted by Gasteiger charge is -2.35. The Labute approximate surface area is 111 Å². The second-order valence-electron chi connectivity index (χ2n) is 5.27. The van der Waals surface area contributed by atoms with Gasteiger partial charge in [0.15, 0.2) is 0 Å². The van der Waals surface area contributed by atoms with Crippen LogP contribution in [0.4, 0.5) is 0 Å². The first kappa shape index (κ1) is 11.7. The zero-order chi connectivity index (χ0) is 11.8. The van der Waals surface area contributed by atoms with Gasteiger partial charge in [0.2, 0.25) is 0 Å². The predicted octanol–water partition coefficient (Wildman–Crippen LogP) is 2.86. The predicted molar refractivity (Wildman–Crippen MR) is 74.0 cm³/mol. The highest BCUT2D eigenvalue weighted by atomic mass is 79.9. The van der Waals surface area contributed by atoms with Crippen LogP contribution >= 0.6 is 15.9 Å². The summed E-state index contributed by atoms with van der Waals surface area (Å²) in [7, 11) is 0. The molecule has 17 heavy (non-hydrogen) atoms. The van der Waals surface area contributed by atoms with Crippen molar-refractivity contribution < 1.29 is 0 Å². The van der Waals surface area contributed by atoms with Gasteiger partial charge in [-0.05, 0) is 48.9 Å². The van der Waals surface area contributed by atoms with Crippen LogP contribution in [0, 0.1) is 0 Å². The average Bonchev–Trinajstić information content (AvgIpc) is 2.73. The van der Waals surface area contributed by atoms with Gasteiger partial charge in [0.1, 0.15) is 0 Å². The van der Waals surface area contributed by atoms with E-state index in [-0.39, 0.29) is 0 Å². The Kier molecular flexibility index (Phi) is 3.24. The molecule has 0 radical (unpaired) electrons. The van der Waals surface area contributed by atoms with E-state index in [0.29, 0.717) is 12.1 Å². The maximum absolute atomic E-state index is 5.98. The lowest BCUT2D eigenvalue weighted by Crippen LogP contribution is -2.41. The van der Waals surface area contributed by atoms with Crippen molar-refractivity contribution in [2.75, 3.05) is 13.1 Å². The van der Waals surface area contributed by atoms with Crippen molar-refractivity contribution in [2.45, 2.75) is 37.8 Å². The third kappa shape index (κ3) is 2.28. The van der Waals surface area contributed by atoms with Crippen molar-refractivity contribution in [3.8, 4) is 0 Å². The number of aryl methyl sites for hydroxylation is 1. The molecule has 1 heterocycles. The van der Waals surface area contributed by atoms with Crippen molar-refractivity contribution in [1.82, 2.24) is 4.90 Å². The smallest absolute Gasteiger partial charge is 0.0354 e. The first-order chi connectivity index (χ1) is 8.24. The Morgan fingerprint density at radius 3 is 2.71 bits per heavy atom. The van der Waals surface area contributed by atoms with E-state index in [1.807, 2.05) is 0 Å². The van der Waals surface area contributed by atoms with E-state index in [9.17, 15) is 0 Å². The number of piperidine rings is 1. The first-order valence-corrected chi connectivity index (χ1v) is 7.31. The van der Waals surface area contributed by atoms with Gasteiger partial charge < -0.3 is 5.73 Å². The molecule has 1 aromatic rings. The minimum absolute atomic E-state index is 0.428. The maximum atomic E-state index is 5.98. The summed E-state index contributed by atoms with van der Waals surface area (Å²) >= 11 is 3.56. The molecule has 0 saturated carbocycles. The molecule has 2 aliphatic rings. The summed E-state index contributed by atoms with van der Waals surface area (Å²) < 4.78 is 1.21. The fourth-order valence-electron chi connectivity index (χ4n) is 3.17. The van der Waals surface area contributed by atoms with E-state index >= 15 is 0 Å². The largest absolute Gasteiger partial charge is 0.328 e. The van der Waals surface area contributed by atoms with Crippen LogP contribution in [0.3, 0.4) is 0 Å². The summed E-state index contributed by atoms with van der Waals surface area (Å²) in [6, 6.07) is 7.83. The van der Waals surface area contributed by atoms with Gasteiger partial charge in [-0.1, -0.05) is 22.0 Å². The Hall–Kier alpha value is -0.380. The molecular formula is C14H19BrN2. The van der Waals surface area contributed by atoms with Gasteiger partial charge in [-0.15, -0.1) is 0 Å². The van der Waals surface area contributed by atoms with E-state index < -0.39 is 0 Å².